The monoisotopic (exact) mass is 328 g/mol. The number of rotatable bonds is 3. The molecule has 1 heterocycles. The van der Waals surface area contributed by atoms with Gasteiger partial charge in [0.15, 0.2) is 6.20 Å². The Balaban J connectivity index is 1.76. The summed E-state index contributed by atoms with van der Waals surface area (Å²) in [5.74, 6) is 0.760. The third kappa shape index (κ3) is 3.24. The first kappa shape index (κ1) is 16.1. The van der Waals surface area contributed by atoms with Gasteiger partial charge >= 0.3 is 0 Å². The van der Waals surface area contributed by atoms with Crippen molar-refractivity contribution in [2.45, 2.75) is 38.5 Å². The number of benzene rings is 2. The Morgan fingerprint density at radius 1 is 0.840 bits per heavy atom. The van der Waals surface area contributed by atoms with Gasteiger partial charge in [-0.3, -0.25) is 0 Å². The zero-order valence-electron chi connectivity index (χ0n) is 15.2. The van der Waals surface area contributed by atoms with E-state index in [1.165, 1.54) is 59.2 Å². The molecule has 1 aliphatic rings. The molecule has 0 N–H and O–H groups in total. The molecule has 0 saturated heterocycles. The Morgan fingerprint density at radius 3 is 2.40 bits per heavy atom. The number of aryl methyl sites for hydroxylation is 2. The van der Waals surface area contributed by atoms with Crippen molar-refractivity contribution in [2.24, 2.45) is 7.05 Å². The molecule has 1 fully saturated rings. The van der Waals surface area contributed by atoms with E-state index in [0.717, 1.165) is 5.92 Å². The Bertz CT molecular complexity index is 888. The van der Waals surface area contributed by atoms with Crippen molar-refractivity contribution in [3.05, 3.63) is 78.0 Å². The van der Waals surface area contributed by atoms with Gasteiger partial charge in [0.2, 0.25) is 5.69 Å². The number of hydrogen-bond donors (Lipinski definition) is 0. The lowest BCUT2D eigenvalue weighted by molar-refractivity contribution is -0.660. The van der Waals surface area contributed by atoms with E-state index in [-0.39, 0.29) is 0 Å². The van der Waals surface area contributed by atoms with Gasteiger partial charge < -0.3 is 0 Å². The third-order valence-electron chi connectivity index (χ3n) is 5.62. The molecule has 1 saturated carbocycles. The molecule has 1 heteroatoms. The lowest BCUT2D eigenvalue weighted by atomic mass is 9.93. The Morgan fingerprint density at radius 2 is 1.60 bits per heavy atom. The van der Waals surface area contributed by atoms with Crippen LogP contribution in [0.2, 0.25) is 0 Å². The predicted octanol–water partition coefficient (Wildman–Crippen LogP) is 5.81. The number of hydrogen-bond acceptors (Lipinski definition) is 0. The summed E-state index contributed by atoms with van der Waals surface area (Å²) in [7, 11) is 2.13. The normalized spacial score (nSPS) is 14.8. The maximum Gasteiger partial charge on any atom is 0.213 e. The second kappa shape index (κ2) is 6.84. The fourth-order valence-corrected chi connectivity index (χ4v) is 4.11. The minimum atomic E-state index is 0.760. The molecule has 3 aromatic rings. The van der Waals surface area contributed by atoms with Gasteiger partial charge in [-0.1, -0.05) is 55.3 Å². The first-order valence-electron chi connectivity index (χ1n) is 9.38. The van der Waals surface area contributed by atoms with Crippen LogP contribution in [0.15, 0.2) is 66.9 Å². The summed E-state index contributed by atoms with van der Waals surface area (Å²) in [5, 5.41) is 0. The van der Waals surface area contributed by atoms with Crippen molar-refractivity contribution in [3.8, 4) is 22.4 Å². The largest absolute Gasteiger partial charge is 0.213 e. The Labute approximate surface area is 151 Å². The van der Waals surface area contributed by atoms with Crippen molar-refractivity contribution < 1.29 is 4.57 Å². The first-order chi connectivity index (χ1) is 12.2. The van der Waals surface area contributed by atoms with E-state index in [1.807, 2.05) is 0 Å². The van der Waals surface area contributed by atoms with Crippen LogP contribution in [-0.4, -0.2) is 0 Å². The van der Waals surface area contributed by atoms with Gasteiger partial charge in [-0.2, -0.15) is 0 Å². The molecule has 0 bridgehead atoms. The van der Waals surface area contributed by atoms with E-state index in [0.29, 0.717) is 0 Å². The zero-order valence-corrected chi connectivity index (χ0v) is 15.2. The molecular weight excluding hydrogens is 302 g/mol. The van der Waals surface area contributed by atoms with E-state index < -0.39 is 0 Å². The molecule has 0 spiro atoms. The summed E-state index contributed by atoms with van der Waals surface area (Å²) in [6, 6.07) is 22.4. The fraction of sp³-hybridized carbons (Fsp3) is 0.292. The SMILES string of the molecule is Cc1ccccc1-c1cc(-c2cccc(C3CCCC3)c2)cc[n+]1C. The molecule has 0 amide bonds. The molecule has 4 rings (SSSR count). The highest BCUT2D eigenvalue weighted by Gasteiger charge is 2.18. The standard InChI is InChI=1S/C24H26N/c1-18-8-3-6-13-23(18)24-17-22(14-15-25(24)2)21-12-7-11-20(16-21)19-9-4-5-10-19/h3,6-8,11-17,19H,4-5,9-10H2,1-2H3/q+1. The van der Waals surface area contributed by atoms with Crippen LogP contribution < -0.4 is 4.57 Å². The quantitative estimate of drug-likeness (QED) is 0.534. The highest BCUT2D eigenvalue weighted by Crippen LogP contribution is 2.36. The van der Waals surface area contributed by atoms with E-state index in [9.17, 15) is 0 Å². The topological polar surface area (TPSA) is 3.88 Å². The van der Waals surface area contributed by atoms with Gasteiger partial charge in [0.25, 0.3) is 0 Å². The van der Waals surface area contributed by atoms with Gasteiger partial charge in [-0.15, -0.1) is 0 Å². The minimum Gasteiger partial charge on any atom is -0.201 e. The van der Waals surface area contributed by atoms with E-state index in [4.69, 9.17) is 0 Å². The van der Waals surface area contributed by atoms with Crippen molar-refractivity contribution >= 4 is 0 Å². The molecule has 25 heavy (non-hydrogen) atoms. The average molecular weight is 328 g/mol. The molecule has 1 nitrogen and oxygen atoms in total. The number of aromatic nitrogens is 1. The van der Waals surface area contributed by atoms with Crippen LogP contribution in [0.3, 0.4) is 0 Å². The van der Waals surface area contributed by atoms with Crippen molar-refractivity contribution in [1.82, 2.24) is 0 Å². The van der Waals surface area contributed by atoms with Gasteiger partial charge in [0, 0.05) is 17.7 Å². The Kier molecular flexibility index (Phi) is 4.40. The average Bonchev–Trinajstić information content (AvgIpc) is 3.18. The van der Waals surface area contributed by atoms with E-state index >= 15 is 0 Å². The van der Waals surface area contributed by atoms with E-state index in [1.54, 1.807) is 0 Å². The maximum absolute atomic E-state index is 2.41. The number of pyridine rings is 1. The molecule has 0 atom stereocenters. The minimum absolute atomic E-state index is 0.760. The Hall–Kier alpha value is -2.41. The molecular formula is C24H26N+. The van der Waals surface area contributed by atoms with Crippen LogP contribution in [0.4, 0.5) is 0 Å². The summed E-state index contributed by atoms with van der Waals surface area (Å²) in [5.41, 5.74) is 8.03. The van der Waals surface area contributed by atoms with Crippen molar-refractivity contribution in [2.75, 3.05) is 0 Å². The predicted molar refractivity (Wildman–Crippen MR) is 104 cm³/mol. The fourth-order valence-electron chi connectivity index (χ4n) is 4.11. The highest BCUT2D eigenvalue weighted by molar-refractivity contribution is 5.70. The van der Waals surface area contributed by atoms with Gasteiger partial charge in [0.05, 0.1) is 0 Å². The molecule has 0 radical (unpaired) electrons. The van der Waals surface area contributed by atoms with Gasteiger partial charge in [0.1, 0.15) is 7.05 Å². The van der Waals surface area contributed by atoms with Crippen LogP contribution in [0.5, 0.6) is 0 Å². The second-order valence-corrected chi connectivity index (χ2v) is 7.33. The molecule has 2 aromatic carbocycles. The molecule has 1 aromatic heterocycles. The first-order valence-corrected chi connectivity index (χ1v) is 9.38. The maximum atomic E-state index is 2.41. The number of nitrogens with zero attached hydrogens (tertiary/aromatic N) is 1. The van der Waals surface area contributed by atoms with Crippen molar-refractivity contribution in [3.63, 3.8) is 0 Å². The summed E-state index contributed by atoms with van der Waals surface area (Å²) in [4.78, 5) is 0. The molecule has 126 valence electrons. The summed E-state index contributed by atoms with van der Waals surface area (Å²) >= 11 is 0. The third-order valence-corrected chi connectivity index (χ3v) is 5.62. The molecule has 0 aliphatic heterocycles. The summed E-state index contributed by atoms with van der Waals surface area (Å²) in [6.45, 7) is 2.18. The molecule has 1 aliphatic carbocycles. The van der Waals surface area contributed by atoms with Crippen LogP contribution in [0.25, 0.3) is 22.4 Å². The van der Waals surface area contributed by atoms with Gasteiger partial charge in [-0.25, -0.2) is 4.57 Å². The van der Waals surface area contributed by atoms with Crippen LogP contribution >= 0.6 is 0 Å². The molecule has 0 unspecified atom stereocenters. The summed E-state index contributed by atoms with van der Waals surface area (Å²) < 4.78 is 2.21. The van der Waals surface area contributed by atoms with Crippen LogP contribution in [0, 0.1) is 6.92 Å². The van der Waals surface area contributed by atoms with Crippen LogP contribution in [0.1, 0.15) is 42.7 Å². The second-order valence-electron chi connectivity index (χ2n) is 7.33. The van der Waals surface area contributed by atoms with Crippen LogP contribution in [-0.2, 0) is 7.05 Å². The van der Waals surface area contributed by atoms with Gasteiger partial charge in [-0.05, 0) is 54.0 Å². The zero-order chi connectivity index (χ0) is 17.2. The summed E-state index contributed by atoms with van der Waals surface area (Å²) in [6.07, 6.45) is 7.64. The van der Waals surface area contributed by atoms with Crippen molar-refractivity contribution in [1.29, 1.82) is 0 Å². The van der Waals surface area contributed by atoms with E-state index in [2.05, 4.69) is 85.4 Å². The lowest BCUT2D eigenvalue weighted by Crippen LogP contribution is -2.30. The highest BCUT2D eigenvalue weighted by atomic mass is 14.9. The lowest BCUT2D eigenvalue weighted by Gasteiger charge is -2.12. The smallest absolute Gasteiger partial charge is 0.201 e.